The summed E-state index contributed by atoms with van der Waals surface area (Å²) < 4.78 is 1.40. The molecule has 1 saturated carbocycles. The van der Waals surface area contributed by atoms with Crippen LogP contribution < -0.4 is 10.9 Å². The Hall–Kier alpha value is -2.17. The van der Waals surface area contributed by atoms with E-state index in [0.29, 0.717) is 11.6 Å². The van der Waals surface area contributed by atoms with Gasteiger partial charge in [0.2, 0.25) is 0 Å². The second-order valence-electron chi connectivity index (χ2n) is 5.75. The molecule has 0 bridgehead atoms. The Labute approximate surface area is 123 Å². The van der Waals surface area contributed by atoms with Crippen molar-refractivity contribution in [3.63, 3.8) is 0 Å². The molecule has 2 aromatic rings. The lowest BCUT2D eigenvalue weighted by atomic mass is 9.86. The number of fused-ring (bicyclic) bond motifs is 1. The van der Waals surface area contributed by atoms with Gasteiger partial charge in [0, 0.05) is 18.4 Å². The Morgan fingerprint density at radius 3 is 2.95 bits per heavy atom. The number of nitrogens with one attached hydrogen (secondary N) is 1. The van der Waals surface area contributed by atoms with Crippen molar-refractivity contribution in [2.75, 3.05) is 0 Å². The molecule has 0 radical (unpaired) electrons. The highest BCUT2D eigenvalue weighted by atomic mass is 16.2. The number of pyridine rings is 1. The minimum absolute atomic E-state index is 0.108. The average molecular weight is 285 g/mol. The molecule has 0 spiro atoms. The van der Waals surface area contributed by atoms with E-state index in [1.54, 1.807) is 18.3 Å². The van der Waals surface area contributed by atoms with E-state index in [2.05, 4.69) is 17.2 Å². The number of nitrogens with zero attached hydrogens (tertiary/aromatic N) is 2. The van der Waals surface area contributed by atoms with Gasteiger partial charge >= 0.3 is 0 Å². The van der Waals surface area contributed by atoms with E-state index < -0.39 is 0 Å². The molecule has 0 saturated heterocycles. The van der Waals surface area contributed by atoms with Crippen LogP contribution in [0, 0.1) is 5.92 Å². The first-order valence-electron chi connectivity index (χ1n) is 7.44. The molecule has 5 nitrogen and oxygen atoms in total. The van der Waals surface area contributed by atoms with Crippen LogP contribution in [0.25, 0.3) is 5.65 Å². The van der Waals surface area contributed by atoms with Gasteiger partial charge in [0.15, 0.2) is 0 Å². The van der Waals surface area contributed by atoms with E-state index in [1.165, 1.54) is 17.0 Å². The van der Waals surface area contributed by atoms with E-state index >= 15 is 0 Å². The number of carbonyl (C=O) groups is 1. The molecule has 2 atom stereocenters. The molecule has 1 amide bonds. The van der Waals surface area contributed by atoms with Crippen molar-refractivity contribution in [2.24, 2.45) is 5.92 Å². The van der Waals surface area contributed by atoms with Crippen molar-refractivity contribution in [2.45, 2.75) is 38.6 Å². The molecule has 1 aliphatic rings. The summed E-state index contributed by atoms with van der Waals surface area (Å²) in [5.74, 6) is 0.142. The van der Waals surface area contributed by atoms with Gasteiger partial charge < -0.3 is 5.32 Å². The van der Waals surface area contributed by atoms with Gasteiger partial charge in [0.1, 0.15) is 11.2 Å². The third-order valence-corrected chi connectivity index (χ3v) is 4.29. The fourth-order valence-corrected chi connectivity index (χ4v) is 2.96. The highest BCUT2D eigenvalue weighted by Crippen LogP contribution is 2.23. The van der Waals surface area contributed by atoms with Crippen LogP contribution in [0.5, 0.6) is 0 Å². The Morgan fingerprint density at radius 1 is 1.33 bits per heavy atom. The topological polar surface area (TPSA) is 63.5 Å². The quantitative estimate of drug-likeness (QED) is 0.918. The predicted octanol–water partition coefficient (Wildman–Crippen LogP) is 2.00. The second-order valence-corrected chi connectivity index (χ2v) is 5.75. The molecule has 1 fully saturated rings. The number of hydrogen-bond donors (Lipinski definition) is 1. The molecule has 0 aliphatic heterocycles. The number of carbonyl (C=O) groups excluding carboxylic acids is 1. The van der Waals surface area contributed by atoms with Crippen molar-refractivity contribution in [3.8, 4) is 0 Å². The van der Waals surface area contributed by atoms with Crippen molar-refractivity contribution >= 4 is 11.6 Å². The minimum Gasteiger partial charge on any atom is -0.349 e. The predicted molar refractivity (Wildman–Crippen MR) is 80.3 cm³/mol. The summed E-state index contributed by atoms with van der Waals surface area (Å²) in [6.45, 7) is 2.15. The van der Waals surface area contributed by atoms with Crippen LogP contribution in [-0.2, 0) is 0 Å². The highest BCUT2D eigenvalue weighted by Gasteiger charge is 2.24. The lowest BCUT2D eigenvalue weighted by Gasteiger charge is -2.29. The maximum absolute atomic E-state index is 12.4. The van der Waals surface area contributed by atoms with Gasteiger partial charge in [-0.25, -0.2) is 4.98 Å². The summed E-state index contributed by atoms with van der Waals surface area (Å²) in [6.07, 6.45) is 7.46. The molecule has 21 heavy (non-hydrogen) atoms. The zero-order valence-electron chi connectivity index (χ0n) is 12.1. The van der Waals surface area contributed by atoms with Crippen LogP contribution in [0.3, 0.4) is 0 Å². The molecule has 2 unspecified atom stereocenters. The number of rotatable bonds is 2. The molecule has 5 heteroatoms. The summed E-state index contributed by atoms with van der Waals surface area (Å²) in [5, 5.41) is 3.00. The molecular weight excluding hydrogens is 266 g/mol. The monoisotopic (exact) mass is 285 g/mol. The molecule has 1 aliphatic carbocycles. The van der Waals surface area contributed by atoms with Crippen LogP contribution in [0.15, 0.2) is 35.4 Å². The third kappa shape index (κ3) is 2.68. The van der Waals surface area contributed by atoms with E-state index in [4.69, 9.17) is 0 Å². The molecule has 0 aromatic carbocycles. The van der Waals surface area contributed by atoms with Crippen molar-refractivity contribution in [1.82, 2.24) is 14.7 Å². The van der Waals surface area contributed by atoms with Gasteiger partial charge in [-0.3, -0.25) is 14.0 Å². The number of aromatic nitrogens is 2. The Kier molecular flexibility index (Phi) is 3.73. The van der Waals surface area contributed by atoms with Crippen molar-refractivity contribution in [1.29, 1.82) is 0 Å². The highest BCUT2D eigenvalue weighted by molar-refractivity contribution is 5.93. The van der Waals surface area contributed by atoms with Crippen LogP contribution >= 0.6 is 0 Å². The number of amides is 1. The van der Waals surface area contributed by atoms with Crippen LogP contribution in [0.1, 0.15) is 43.0 Å². The lowest BCUT2D eigenvalue weighted by molar-refractivity contribution is 0.0908. The van der Waals surface area contributed by atoms with Gasteiger partial charge in [0.25, 0.3) is 11.5 Å². The Balaban J connectivity index is 1.88. The summed E-state index contributed by atoms with van der Waals surface area (Å²) >= 11 is 0. The summed E-state index contributed by atoms with van der Waals surface area (Å²) in [5.41, 5.74) is 0.336. The van der Waals surface area contributed by atoms with E-state index in [-0.39, 0.29) is 23.1 Å². The van der Waals surface area contributed by atoms with Crippen molar-refractivity contribution in [3.05, 3.63) is 46.5 Å². The van der Waals surface area contributed by atoms with Crippen LogP contribution in [0.4, 0.5) is 0 Å². The van der Waals surface area contributed by atoms with Crippen molar-refractivity contribution < 1.29 is 4.79 Å². The second kappa shape index (κ2) is 5.68. The largest absolute Gasteiger partial charge is 0.349 e. The van der Waals surface area contributed by atoms with E-state index in [1.807, 2.05) is 6.07 Å². The SMILES string of the molecule is CC1CCCCC1NC(=O)c1cnc2ccccn2c1=O. The maximum atomic E-state index is 12.4. The molecular formula is C16H19N3O2. The standard InChI is InChI=1S/C16H19N3O2/c1-11-6-2-3-7-13(11)18-15(20)12-10-17-14-8-4-5-9-19(14)16(12)21/h4-5,8-11,13H,2-3,6-7H2,1H3,(H,18,20). The minimum atomic E-state index is -0.318. The maximum Gasteiger partial charge on any atom is 0.270 e. The molecule has 1 N–H and O–H groups in total. The lowest BCUT2D eigenvalue weighted by Crippen LogP contribution is -2.43. The number of hydrogen-bond acceptors (Lipinski definition) is 3. The molecule has 2 heterocycles. The zero-order chi connectivity index (χ0) is 14.8. The van der Waals surface area contributed by atoms with Crippen LogP contribution in [0.2, 0.25) is 0 Å². The van der Waals surface area contributed by atoms with Gasteiger partial charge in [-0.2, -0.15) is 0 Å². The Bertz CT molecular complexity index is 723. The van der Waals surface area contributed by atoms with E-state index in [9.17, 15) is 9.59 Å². The summed E-state index contributed by atoms with van der Waals surface area (Å²) in [6, 6.07) is 5.46. The first kappa shape index (κ1) is 13.8. The Morgan fingerprint density at radius 2 is 2.14 bits per heavy atom. The first-order chi connectivity index (χ1) is 10.2. The smallest absolute Gasteiger partial charge is 0.270 e. The summed E-state index contributed by atoms with van der Waals surface area (Å²) in [4.78, 5) is 28.9. The average Bonchev–Trinajstić information content (AvgIpc) is 2.50. The van der Waals surface area contributed by atoms with Crippen LogP contribution in [-0.4, -0.2) is 21.3 Å². The summed E-state index contributed by atoms with van der Waals surface area (Å²) in [7, 11) is 0. The van der Waals surface area contributed by atoms with Gasteiger partial charge in [-0.1, -0.05) is 25.8 Å². The van der Waals surface area contributed by atoms with Gasteiger partial charge in [-0.05, 0) is 30.9 Å². The molecule has 2 aromatic heterocycles. The zero-order valence-corrected chi connectivity index (χ0v) is 12.1. The molecule has 3 rings (SSSR count). The van der Waals surface area contributed by atoms with Gasteiger partial charge in [-0.15, -0.1) is 0 Å². The first-order valence-corrected chi connectivity index (χ1v) is 7.44. The van der Waals surface area contributed by atoms with E-state index in [0.717, 1.165) is 19.3 Å². The third-order valence-electron chi connectivity index (χ3n) is 4.29. The van der Waals surface area contributed by atoms with Gasteiger partial charge in [0.05, 0.1) is 0 Å². The fourth-order valence-electron chi connectivity index (χ4n) is 2.96. The molecule has 110 valence electrons. The fraction of sp³-hybridized carbons (Fsp3) is 0.438. The normalized spacial score (nSPS) is 22.1.